The van der Waals surface area contributed by atoms with Crippen molar-refractivity contribution in [3.05, 3.63) is 120 Å². The van der Waals surface area contributed by atoms with Crippen LogP contribution in [0.4, 0.5) is 15.8 Å². The molecule has 0 bridgehead atoms. The van der Waals surface area contributed by atoms with Gasteiger partial charge in [0, 0.05) is 31.0 Å². The first-order valence-electron chi connectivity index (χ1n) is 14.6. The Morgan fingerprint density at radius 3 is 2.39 bits per heavy atom. The van der Waals surface area contributed by atoms with Crippen LogP contribution in [0.5, 0.6) is 0 Å². The van der Waals surface area contributed by atoms with E-state index in [1.54, 1.807) is 12.1 Å². The van der Waals surface area contributed by atoms with E-state index in [4.69, 9.17) is 4.74 Å². The Hall–Kier alpha value is -5.09. The van der Waals surface area contributed by atoms with E-state index in [1.165, 1.54) is 21.7 Å². The highest BCUT2D eigenvalue weighted by Crippen LogP contribution is 2.28. The number of para-hydroxylation sites is 1. The molecule has 2 heterocycles. The second-order valence-corrected chi connectivity index (χ2v) is 10.8. The third kappa shape index (κ3) is 6.45. The number of hydrogen-bond acceptors (Lipinski definition) is 6. The molecule has 1 atom stereocenters. The van der Waals surface area contributed by atoms with Gasteiger partial charge in [-0.25, -0.2) is 9.07 Å². The molecule has 1 N–H and O–H groups in total. The summed E-state index contributed by atoms with van der Waals surface area (Å²) in [6.45, 7) is 4.94. The summed E-state index contributed by atoms with van der Waals surface area (Å²) in [4.78, 5) is 32.1. The lowest BCUT2D eigenvalue weighted by molar-refractivity contribution is -0.140. The average molecular weight is 593 g/mol. The van der Waals surface area contributed by atoms with Crippen LogP contribution in [-0.4, -0.2) is 58.0 Å². The van der Waals surface area contributed by atoms with Gasteiger partial charge in [0.2, 0.25) is 5.91 Å². The Labute approximate surface area is 254 Å². The number of morpholine rings is 1. The highest BCUT2D eigenvalue weighted by Gasteiger charge is 2.33. The smallest absolute Gasteiger partial charge is 0.251 e. The van der Waals surface area contributed by atoms with E-state index in [0.29, 0.717) is 35.5 Å². The third-order valence-corrected chi connectivity index (χ3v) is 7.88. The number of rotatable bonds is 9. The third-order valence-electron chi connectivity index (χ3n) is 7.88. The molecule has 1 unspecified atom stereocenters. The molecule has 44 heavy (non-hydrogen) atoms. The van der Waals surface area contributed by atoms with Gasteiger partial charge < -0.3 is 19.9 Å². The second-order valence-electron chi connectivity index (χ2n) is 10.8. The lowest BCUT2D eigenvalue weighted by atomic mass is 10.0. The summed E-state index contributed by atoms with van der Waals surface area (Å²) in [5, 5.41) is 11.4. The van der Waals surface area contributed by atoms with Gasteiger partial charge in [-0.2, -0.15) is 0 Å². The Morgan fingerprint density at radius 1 is 0.932 bits per heavy atom. The fourth-order valence-electron chi connectivity index (χ4n) is 5.45. The van der Waals surface area contributed by atoms with E-state index in [1.807, 2.05) is 79.7 Å². The number of aryl methyl sites for hydroxylation is 1. The van der Waals surface area contributed by atoms with Crippen LogP contribution in [0.25, 0.3) is 11.0 Å². The number of hydrogen-bond donors (Lipinski definition) is 1. The number of nitrogens with one attached hydrogen (secondary N) is 1. The Kier molecular flexibility index (Phi) is 8.60. The fraction of sp³-hybridized carbons (Fsp3) is 0.235. The van der Waals surface area contributed by atoms with Crippen LogP contribution in [-0.2, 0) is 27.4 Å². The molecule has 0 spiro atoms. The molecule has 10 heteroatoms. The maximum Gasteiger partial charge on any atom is 0.251 e. The first-order chi connectivity index (χ1) is 21.5. The number of amides is 2. The summed E-state index contributed by atoms with van der Waals surface area (Å²) in [7, 11) is 0. The number of aromatic nitrogens is 3. The van der Waals surface area contributed by atoms with Gasteiger partial charge in [-0.3, -0.25) is 9.59 Å². The molecule has 9 nitrogen and oxygen atoms in total. The number of fused-ring (bicyclic) bond motifs is 1. The lowest BCUT2D eigenvalue weighted by Gasteiger charge is -2.32. The van der Waals surface area contributed by atoms with Crippen molar-refractivity contribution in [3.8, 4) is 0 Å². The van der Waals surface area contributed by atoms with Crippen LogP contribution in [0.1, 0.15) is 22.7 Å². The standard InChI is InChI=1S/C34H33FN6O3/c1-24-6-2-3-7-26(24)22-40(32(42)23-41-31-9-5-4-8-30(31)37-38-41)33(25-10-12-27(35)13-11-25)34(43)36-28-14-16-29(17-15-28)39-18-20-44-21-19-39/h2-17,33H,18-23H2,1H3,(H,36,43). The topological polar surface area (TPSA) is 92.6 Å². The summed E-state index contributed by atoms with van der Waals surface area (Å²) in [6.07, 6.45) is 0. The number of halogens is 1. The van der Waals surface area contributed by atoms with Crippen LogP contribution in [0.15, 0.2) is 97.1 Å². The summed E-state index contributed by atoms with van der Waals surface area (Å²) in [5.74, 6) is -1.19. The van der Waals surface area contributed by atoms with Crippen LogP contribution in [0.2, 0.25) is 0 Å². The molecule has 6 rings (SSSR count). The van der Waals surface area contributed by atoms with Crippen molar-refractivity contribution in [1.29, 1.82) is 0 Å². The molecule has 1 fully saturated rings. The molecule has 224 valence electrons. The summed E-state index contributed by atoms with van der Waals surface area (Å²) >= 11 is 0. The van der Waals surface area contributed by atoms with E-state index < -0.39 is 17.8 Å². The molecule has 4 aromatic carbocycles. The largest absolute Gasteiger partial charge is 0.378 e. The molecule has 5 aromatic rings. The van der Waals surface area contributed by atoms with Crippen molar-refractivity contribution in [3.63, 3.8) is 0 Å². The number of nitrogens with zero attached hydrogens (tertiary/aromatic N) is 5. The van der Waals surface area contributed by atoms with Crippen molar-refractivity contribution < 1.29 is 18.7 Å². The normalized spacial score (nSPS) is 13.9. The van der Waals surface area contributed by atoms with Crippen LogP contribution >= 0.6 is 0 Å². The maximum atomic E-state index is 14.2. The molecular weight excluding hydrogens is 559 g/mol. The minimum Gasteiger partial charge on any atom is -0.378 e. The van der Waals surface area contributed by atoms with Crippen LogP contribution in [0.3, 0.4) is 0 Å². The monoisotopic (exact) mass is 592 g/mol. The molecule has 0 radical (unpaired) electrons. The SMILES string of the molecule is Cc1ccccc1CN(C(=O)Cn1nnc2ccccc21)C(C(=O)Nc1ccc(N2CCOCC2)cc1)c1ccc(F)cc1. The van der Waals surface area contributed by atoms with Crippen molar-refractivity contribution in [2.75, 3.05) is 36.5 Å². The minimum atomic E-state index is -1.06. The summed E-state index contributed by atoms with van der Waals surface area (Å²) in [6, 6.07) is 27.4. The zero-order valence-corrected chi connectivity index (χ0v) is 24.4. The van der Waals surface area contributed by atoms with Crippen molar-refractivity contribution in [1.82, 2.24) is 19.9 Å². The summed E-state index contributed by atoms with van der Waals surface area (Å²) < 4.78 is 21.0. The number of ether oxygens (including phenoxy) is 1. The summed E-state index contributed by atoms with van der Waals surface area (Å²) in [5.41, 5.74) is 5.35. The maximum absolute atomic E-state index is 14.2. The van der Waals surface area contributed by atoms with Crippen molar-refractivity contribution in [2.24, 2.45) is 0 Å². The number of carbonyl (C=O) groups is 2. The molecule has 0 saturated carbocycles. The molecule has 1 aromatic heterocycles. The zero-order valence-electron chi connectivity index (χ0n) is 24.4. The minimum absolute atomic E-state index is 0.133. The van der Waals surface area contributed by atoms with Gasteiger partial charge in [0.1, 0.15) is 23.9 Å². The quantitative estimate of drug-likeness (QED) is 0.255. The highest BCUT2D eigenvalue weighted by molar-refractivity contribution is 5.98. The average Bonchev–Trinajstić information content (AvgIpc) is 3.46. The predicted molar refractivity (Wildman–Crippen MR) is 167 cm³/mol. The Morgan fingerprint density at radius 2 is 1.64 bits per heavy atom. The number of benzene rings is 4. The fourth-order valence-corrected chi connectivity index (χ4v) is 5.45. The Balaban J connectivity index is 1.34. The van der Waals surface area contributed by atoms with Crippen LogP contribution < -0.4 is 10.2 Å². The van der Waals surface area contributed by atoms with E-state index in [2.05, 4.69) is 20.5 Å². The molecule has 0 aliphatic carbocycles. The first-order valence-corrected chi connectivity index (χ1v) is 14.6. The van der Waals surface area contributed by atoms with E-state index >= 15 is 0 Å². The number of anilines is 2. The molecular formula is C34H33FN6O3. The zero-order chi connectivity index (χ0) is 30.5. The van der Waals surface area contributed by atoms with Crippen molar-refractivity contribution in [2.45, 2.75) is 26.1 Å². The lowest BCUT2D eigenvalue weighted by Crippen LogP contribution is -2.42. The van der Waals surface area contributed by atoms with Gasteiger partial charge in [0.15, 0.2) is 0 Å². The van der Waals surface area contributed by atoms with E-state index in [0.717, 1.165) is 29.9 Å². The van der Waals surface area contributed by atoms with Gasteiger partial charge in [-0.05, 0) is 72.1 Å². The molecule has 1 saturated heterocycles. The molecule has 1 aliphatic heterocycles. The van der Waals surface area contributed by atoms with Crippen molar-refractivity contribution >= 4 is 34.2 Å². The molecule has 2 amide bonds. The van der Waals surface area contributed by atoms with Gasteiger partial charge in [0.05, 0.1) is 18.7 Å². The van der Waals surface area contributed by atoms with Crippen LogP contribution in [0, 0.1) is 12.7 Å². The highest BCUT2D eigenvalue weighted by atomic mass is 19.1. The van der Waals surface area contributed by atoms with Gasteiger partial charge in [-0.1, -0.05) is 53.7 Å². The predicted octanol–water partition coefficient (Wildman–Crippen LogP) is 5.12. The van der Waals surface area contributed by atoms with Gasteiger partial charge in [-0.15, -0.1) is 5.10 Å². The Bertz CT molecular complexity index is 1750. The van der Waals surface area contributed by atoms with E-state index in [-0.39, 0.29) is 19.0 Å². The van der Waals surface area contributed by atoms with Gasteiger partial charge in [0.25, 0.3) is 5.91 Å². The number of carbonyl (C=O) groups excluding carboxylic acids is 2. The molecule has 1 aliphatic rings. The first kappa shape index (κ1) is 29.0. The van der Waals surface area contributed by atoms with Gasteiger partial charge >= 0.3 is 0 Å². The second kappa shape index (κ2) is 13.0. The van der Waals surface area contributed by atoms with E-state index in [9.17, 15) is 14.0 Å².